The minimum atomic E-state index is 0.528. The van der Waals surface area contributed by atoms with Crippen molar-refractivity contribution in [3.63, 3.8) is 0 Å². The molecule has 1 aromatic rings. The molecule has 2 rings (SSSR count). The largest absolute Gasteiger partial charge is 0.299 e. The minimum Gasteiger partial charge on any atom is -0.299 e. The SMILES string of the molecule is CC(C)c1ccc(C2CCCN2C)cn1. The zero-order chi connectivity index (χ0) is 10.8. The molecule has 15 heavy (non-hydrogen) atoms. The van der Waals surface area contributed by atoms with Gasteiger partial charge in [0.05, 0.1) is 0 Å². The highest BCUT2D eigenvalue weighted by atomic mass is 15.1. The second-order valence-electron chi connectivity index (χ2n) is 4.81. The van der Waals surface area contributed by atoms with Crippen molar-refractivity contribution in [2.45, 2.75) is 38.6 Å². The van der Waals surface area contributed by atoms with Gasteiger partial charge in [0.15, 0.2) is 0 Å². The van der Waals surface area contributed by atoms with Gasteiger partial charge in [-0.25, -0.2) is 0 Å². The summed E-state index contributed by atoms with van der Waals surface area (Å²) in [7, 11) is 2.20. The molecule has 2 heteroatoms. The van der Waals surface area contributed by atoms with E-state index in [9.17, 15) is 0 Å². The molecule has 1 unspecified atom stereocenters. The van der Waals surface area contributed by atoms with E-state index in [1.54, 1.807) is 0 Å². The normalized spacial score (nSPS) is 22.5. The van der Waals surface area contributed by atoms with Gasteiger partial charge in [-0.3, -0.25) is 9.88 Å². The van der Waals surface area contributed by atoms with Gasteiger partial charge in [0.1, 0.15) is 0 Å². The van der Waals surface area contributed by atoms with Crippen molar-refractivity contribution in [1.82, 2.24) is 9.88 Å². The van der Waals surface area contributed by atoms with Gasteiger partial charge < -0.3 is 0 Å². The second kappa shape index (κ2) is 4.31. The van der Waals surface area contributed by atoms with Crippen LogP contribution in [0.15, 0.2) is 18.3 Å². The molecule has 1 saturated heterocycles. The van der Waals surface area contributed by atoms with E-state index >= 15 is 0 Å². The first-order valence-electron chi connectivity index (χ1n) is 5.84. The predicted molar refractivity (Wildman–Crippen MR) is 62.9 cm³/mol. The summed E-state index contributed by atoms with van der Waals surface area (Å²) in [6.07, 6.45) is 4.65. The third-order valence-corrected chi connectivity index (χ3v) is 3.31. The van der Waals surface area contributed by atoms with Crippen molar-refractivity contribution in [1.29, 1.82) is 0 Å². The average Bonchev–Trinajstić information content (AvgIpc) is 2.65. The maximum Gasteiger partial charge on any atom is 0.0429 e. The number of hydrogen-bond donors (Lipinski definition) is 0. The van der Waals surface area contributed by atoms with Crippen molar-refractivity contribution in [2.24, 2.45) is 0 Å². The van der Waals surface area contributed by atoms with Gasteiger partial charge in [-0.1, -0.05) is 19.9 Å². The maximum atomic E-state index is 4.53. The topological polar surface area (TPSA) is 16.1 Å². The molecule has 1 aromatic heterocycles. The van der Waals surface area contributed by atoms with Crippen LogP contribution in [0.2, 0.25) is 0 Å². The van der Waals surface area contributed by atoms with Gasteiger partial charge in [-0.05, 0) is 44.0 Å². The summed E-state index contributed by atoms with van der Waals surface area (Å²) in [4.78, 5) is 6.95. The van der Waals surface area contributed by atoms with Crippen molar-refractivity contribution < 1.29 is 0 Å². The first-order chi connectivity index (χ1) is 7.18. The van der Waals surface area contributed by atoms with E-state index in [0.29, 0.717) is 12.0 Å². The monoisotopic (exact) mass is 204 g/mol. The van der Waals surface area contributed by atoms with E-state index in [4.69, 9.17) is 0 Å². The molecule has 0 spiro atoms. The first kappa shape index (κ1) is 10.6. The standard InChI is InChI=1S/C13H20N2/c1-10(2)12-7-6-11(9-14-12)13-5-4-8-15(13)3/h6-7,9-10,13H,4-5,8H2,1-3H3. The van der Waals surface area contributed by atoms with E-state index < -0.39 is 0 Å². The van der Waals surface area contributed by atoms with Crippen molar-refractivity contribution in [3.8, 4) is 0 Å². The summed E-state index contributed by atoms with van der Waals surface area (Å²) in [5.74, 6) is 0.528. The lowest BCUT2D eigenvalue weighted by Gasteiger charge is -2.19. The van der Waals surface area contributed by atoms with Crippen molar-refractivity contribution in [2.75, 3.05) is 13.6 Å². The summed E-state index contributed by atoms with van der Waals surface area (Å²) in [5, 5.41) is 0. The Morgan fingerprint density at radius 2 is 2.20 bits per heavy atom. The van der Waals surface area contributed by atoms with Gasteiger partial charge in [-0.15, -0.1) is 0 Å². The molecule has 1 atom stereocenters. The van der Waals surface area contributed by atoms with Crippen LogP contribution in [-0.4, -0.2) is 23.5 Å². The van der Waals surface area contributed by atoms with Gasteiger partial charge in [-0.2, -0.15) is 0 Å². The van der Waals surface area contributed by atoms with Gasteiger partial charge in [0.2, 0.25) is 0 Å². The van der Waals surface area contributed by atoms with Crippen LogP contribution >= 0.6 is 0 Å². The van der Waals surface area contributed by atoms with Crippen LogP contribution in [0.4, 0.5) is 0 Å². The van der Waals surface area contributed by atoms with E-state index in [1.807, 2.05) is 0 Å². The third-order valence-electron chi connectivity index (χ3n) is 3.31. The molecular weight excluding hydrogens is 184 g/mol. The Labute approximate surface area is 92.3 Å². The highest BCUT2D eigenvalue weighted by Crippen LogP contribution is 2.30. The summed E-state index contributed by atoms with van der Waals surface area (Å²) >= 11 is 0. The molecule has 0 N–H and O–H groups in total. The van der Waals surface area contributed by atoms with Crippen LogP contribution in [0.25, 0.3) is 0 Å². The number of aromatic nitrogens is 1. The van der Waals surface area contributed by atoms with Gasteiger partial charge >= 0.3 is 0 Å². The first-order valence-corrected chi connectivity index (χ1v) is 5.84. The number of nitrogens with zero attached hydrogens (tertiary/aromatic N) is 2. The predicted octanol–water partition coefficient (Wildman–Crippen LogP) is 2.97. The van der Waals surface area contributed by atoms with E-state index in [-0.39, 0.29) is 0 Å². The minimum absolute atomic E-state index is 0.528. The number of hydrogen-bond acceptors (Lipinski definition) is 2. The molecule has 0 aliphatic carbocycles. The van der Waals surface area contributed by atoms with E-state index in [0.717, 1.165) is 0 Å². The summed E-state index contributed by atoms with van der Waals surface area (Å²) < 4.78 is 0. The van der Waals surface area contributed by atoms with Gasteiger partial charge in [0, 0.05) is 17.9 Å². The van der Waals surface area contributed by atoms with Crippen LogP contribution in [0.5, 0.6) is 0 Å². The van der Waals surface area contributed by atoms with Crippen LogP contribution in [0.1, 0.15) is 49.9 Å². The average molecular weight is 204 g/mol. The van der Waals surface area contributed by atoms with Crippen molar-refractivity contribution in [3.05, 3.63) is 29.6 Å². The molecule has 1 aliphatic heterocycles. The molecule has 2 nitrogen and oxygen atoms in total. The fourth-order valence-corrected chi connectivity index (χ4v) is 2.29. The molecule has 0 aromatic carbocycles. The Bertz CT molecular complexity index is 316. The third kappa shape index (κ3) is 2.20. The number of likely N-dealkylation sites (tertiary alicyclic amines) is 1. The highest BCUT2D eigenvalue weighted by molar-refractivity contribution is 5.20. The molecule has 0 radical (unpaired) electrons. The molecular formula is C13H20N2. The van der Waals surface area contributed by atoms with Crippen LogP contribution in [0, 0.1) is 0 Å². The summed E-state index contributed by atoms with van der Waals surface area (Å²) in [6, 6.07) is 5.01. The Kier molecular flexibility index (Phi) is 3.06. The van der Waals surface area contributed by atoms with E-state index in [1.165, 1.54) is 30.6 Å². The molecule has 2 heterocycles. The zero-order valence-electron chi connectivity index (χ0n) is 9.90. The summed E-state index contributed by atoms with van der Waals surface area (Å²) in [6.45, 7) is 5.59. The van der Waals surface area contributed by atoms with Crippen LogP contribution in [-0.2, 0) is 0 Å². The van der Waals surface area contributed by atoms with Crippen LogP contribution in [0.3, 0.4) is 0 Å². The Morgan fingerprint density at radius 1 is 1.40 bits per heavy atom. The number of pyridine rings is 1. The Hall–Kier alpha value is -0.890. The molecule has 1 fully saturated rings. The molecule has 0 bridgehead atoms. The zero-order valence-corrected chi connectivity index (χ0v) is 9.90. The maximum absolute atomic E-state index is 4.53. The smallest absolute Gasteiger partial charge is 0.0429 e. The van der Waals surface area contributed by atoms with Crippen molar-refractivity contribution >= 4 is 0 Å². The molecule has 0 saturated carbocycles. The van der Waals surface area contributed by atoms with E-state index in [2.05, 4.69) is 49.1 Å². The lowest BCUT2D eigenvalue weighted by molar-refractivity contribution is 0.317. The summed E-state index contributed by atoms with van der Waals surface area (Å²) in [5.41, 5.74) is 2.57. The molecule has 0 amide bonds. The Balaban J connectivity index is 2.16. The second-order valence-corrected chi connectivity index (χ2v) is 4.81. The highest BCUT2D eigenvalue weighted by Gasteiger charge is 2.22. The van der Waals surface area contributed by atoms with Crippen LogP contribution < -0.4 is 0 Å². The Morgan fingerprint density at radius 3 is 2.67 bits per heavy atom. The fraction of sp³-hybridized carbons (Fsp3) is 0.615. The number of rotatable bonds is 2. The van der Waals surface area contributed by atoms with Gasteiger partial charge in [0.25, 0.3) is 0 Å². The quantitative estimate of drug-likeness (QED) is 0.736. The lowest BCUT2D eigenvalue weighted by atomic mass is 10.0. The molecule has 82 valence electrons. The molecule has 1 aliphatic rings. The lowest BCUT2D eigenvalue weighted by Crippen LogP contribution is -2.17. The fourth-order valence-electron chi connectivity index (χ4n) is 2.29.